The quantitative estimate of drug-likeness (QED) is 0.496. The number of carbonyl (C=O) groups is 2. The van der Waals surface area contributed by atoms with E-state index in [2.05, 4.69) is 10.1 Å². The predicted molar refractivity (Wildman–Crippen MR) is 113 cm³/mol. The Kier molecular flexibility index (Phi) is 5.76. The molecule has 166 valence electrons. The van der Waals surface area contributed by atoms with Crippen molar-refractivity contribution < 1.29 is 27.3 Å². The molecule has 2 amide bonds. The number of rotatable bonds is 7. The van der Waals surface area contributed by atoms with Crippen LogP contribution in [0.1, 0.15) is 18.7 Å². The van der Waals surface area contributed by atoms with E-state index in [-0.39, 0.29) is 41.6 Å². The van der Waals surface area contributed by atoms with Crippen molar-refractivity contribution in [2.24, 2.45) is 0 Å². The van der Waals surface area contributed by atoms with Crippen LogP contribution in [0, 0.1) is 0 Å². The van der Waals surface area contributed by atoms with Gasteiger partial charge in [0.1, 0.15) is 5.75 Å². The van der Waals surface area contributed by atoms with Crippen LogP contribution in [0.3, 0.4) is 0 Å². The fraction of sp³-hybridized carbons (Fsp3) is 0.238. The predicted octanol–water partition coefficient (Wildman–Crippen LogP) is 2.22. The van der Waals surface area contributed by atoms with Crippen molar-refractivity contribution in [3.05, 3.63) is 54.4 Å². The van der Waals surface area contributed by atoms with Crippen LogP contribution in [0.4, 0.5) is 5.69 Å². The number of carbonyl (C=O) groups excluding carboxylic acids is 2. The molecule has 4 rings (SSSR count). The van der Waals surface area contributed by atoms with Crippen LogP contribution in [-0.4, -0.2) is 48.8 Å². The molecule has 0 aliphatic carbocycles. The maximum absolute atomic E-state index is 13.1. The highest BCUT2D eigenvalue weighted by Gasteiger charge is 2.34. The summed E-state index contributed by atoms with van der Waals surface area (Å²) >= 11 is 0. The summed E-state index contributed by atoms with van der Waals surface area (Å²) < 4.78 is 37.8. The van der Waals surface area contributed by atoms with Crippen molar-refractivity contribution in [3.8, 4) is 17.1 Å². The molecule has 0 spiro atoms. The minimum absolute atomic E-state index is 0.0692. The van der Waals surface area contributed by atoms with E-state index >= 15 is 0 Å². The lowest BCUT2D eigenvalue weighted by Gasteiger charge is -2.20. The molecule has 1 saturated heterocycles. The summed E-state index contributed by atoms with van der Waals surface area (Å²) in [6.45, 7) is -0.162. The molecular weight excluding hydrogens is 436 g/mol. The smallest absolute Gasteiger partial charge is 0.243 e. The van der Waals surface area contributed by atoms with Crippen LogP contribution >= 0.6 is 0 Å². The maximum atomic E-state index is 13.1. The van der Waals surface area contributed by atoms with E-state index in [0.29, 0.717) is 5.82 Å². The number of aromatic nitrogens is 2. The Morgan fingerprint density at radius 3 is 2.44 bits per heavy atom. The second kappa shape index (κ2) is 8.52. The zero-order valence-electron chi connectivity index (χ0n) is 17.4. The molecule has 2 aromatic carbocycles. The number of anilines is 1. The monoisotopic (exact) mass is 456 g/mol. The minimum Gasteiger partial charge on any atom is -0.495 e. The third-order valence-corrected chi connectivity index (χ3v) is 6.81. The van der Waals surface area contributed by atoms with E-state index in [1.807, 2.05) is 30.3 Å². The Hall–Kier alpha value is -3.57. The molecule has 11 heteroatoms. The highest BCUT2D eigenvalue weighted by atomic mass is 32.2. The van der Waals surface area contributed by atoms with Gasteiger partial charge in [-0.3, -0.25) is 9.59 Å². The molecule has 10 nitrogen and oxygen atoms in total. The zero-order chi connectivity index (χ0) is 22.9. The van der Waals surface area contributed by atoms with Gasteiger partial charge >= 0.3 is 0 Å². The van der Waals surface area contributed by atoms with Gasteiger partial charge in [-0.15, -0.1) is 0 Å². The Labute approximate surface area is 184 Å². The summed E-state index contributed by atoms with van der Waals surface area (Å²) in [5.41, 5.74) is 0.839. The Morgan fingerprint density at radius 2 is 1.78 bits per heavy atom. The van der Waals surface area contributed by atoms with E-state index in [9.17, 15) is 18.0 Å². The summed E-state index contributed by atoms with van der Waals surface area (Å²) in [6.07, 6.45) is 0.138. The van der Waals surface area contributed by atoms with Crippen LogP contribution in [0.5, 0.6) is 5.75 Å². The first-order valence-electron chi connectivity index (χ1n) is 9.69. The van der Waals surface area contributed by atoms with Crippen molar-refractivity contribution in [1.29, 1.82) is 0 Å². The molecule has 0 radical (unpaired) electrons. The van der Waals surface area contributed by atoms with Gasteiger partial charge < -0.3 is 9.26 Å². The first-order valence-corrected chi connectivity index (χ1v) is 11.1. The first-order chi connectivity index (χ1) is 15.3. The highest BCUT2D eigenvalue weighted by Crippen LogP contribution is 2.35. The van der Waals surface area contributed by atoms with E-state index in [1.165, 1.54) is 32.4 Å². The van der Waals surface area contributed by atoms with Crippen molar-refractivity contribution in [2.45, 2.75) is 24.3 Å². The van der Waals surface area contributed by atoms with Gasteiger partial charge in [-0.05, 0) is 18.2 Å². The molecular formula is C21H20N4O6S. The molecule has 2 heterocycles. The van der Waals surface area contributed by atoms with E-state index < -0.39 is 21.8 Å². The molecule has 0 unspecified atom stereocenters. The molecule has 0 saturated carbocycles. The third kappa shape index (κ3) is 3.99. The van der Waals surface area contributed by atoms with Crippen LogP contribution in [0.25, 0.3) is 11.4 Å². The second-order valence-electron chi connectivity index (χ2n) is 7.10. The topological polar surface area (TPSA) is 123 Å². The van der Waals surface area contributed by atoms with Gasteiger partial charge in [-0.1, -0.05) is 35.5 Å². The standard InChI is InChI=1S/C21H20N4O6S/c1-24(13-18-22-21(23-31-18)14-6-4-3-5-7-14)32(28,29)15-8-9-17(30-2)16(12-15)25-19(26)10-11-20(25)27/h3-9,12H,10-11,13H2,1-2H3. The molecule has 1 aliphatic heterocycles. The molecule has 0 bridgehead atoms. The molecule has 0 N–H and O–H groups in total. The average Bonchev–Trinajstić information content (AvgIpc) is 3.40. The largest absolute Gasteiger partial charge is 0.495 e. The van der Waals surface area contributed by atoms with Gasteiger partial charge in [0.15, 0.2) is 0 Å². The number of amides is 2. The van der Waals surface area contributed by atoms with Crippen molar-refractivity contribution in [2.75, 3.05) is 19.1 Å². The third-order valence-electron chi connectivity index (χ3n) is 5.01. The lowest BCUT2D eigenvalue weighted by Crippen LogP contribution is -2.30. The number of methoxy groups -OCH3 is 1. The molecule has 3 aromatic rings. The Balaban J connectivity index is 1.60. The summed E-state index contributed by atoms with van der Waals surface area (Å²) in [5, 5.41) is 3.89. The van der Waals surface area contributed by atoms with Crippen LogP contribution in [0.2, 0.25) is 0 Å². The van der Waals surface area contributed by atoms with Crippen molar-refractivity contribution >= 4 is 27.5 Å². The Morgan fingerprint density at radius 1 is 1.09 bits per heavy atom. The van der Waals surface area contributed by atoms with Gasteiger partial charge in [0.2, 0.25) is 33.6 Å². The number of ether oxygens (including phenoxy) is 1. The summed E-state index contributed by atoms with van der Waals surface area (Å²) in [6, 6.07) is 13.2. The highest BCUT2D eigenvalue weighted by molar-refractivity contribution is 7.89. The van der Waals surface area contributed by atoms with Gasteiger partial charge in [-0.2, -0.15) is 9.29 Å². The fourth-order valence-corrected chi connectivity index (χ4v) is 4.47. The van der Waals surface area contributed by atoms with Crippen molar-refractivity contribution in [1.82, 2.24) is 14.4 Å². The average molecular weight is 456 g/mol. The second-order valence-corrected chi connectivity index (χ2v) is 9.14. The van der Waals surface area contributed by atoms with Crippen LogP contribution in [0.15, 0.2) is 57.9 Å². The zero-order valence-corrected chi connectivity index (χ0v) is 18.2. The summed E-state index contributed by atoms with van der Waals surface area (Å²) in [7, 11) is -1.25. The van der Waals surface area contributed by atoms with Gasteiger partial charge in [-0.25, -0.2) is 13.3 Å². The Bertz CT molecular complexity index is 1260. The number of imide groups is 1. The van der Waals surface area contributed by atoms with Crippen molar-refractivity contribution in [3.63, 3.8) is 0 Å². The molecule has 32 heavy (non-hydrogen) atoms. The van der Waals surface area contributed by atoms with Crippen LogP contribution in [-0.2, 0) is 26.2 Å². The number of nitrogens with zero attached hydrogens (tertiary/aromatic N) is 4. The van der Waals surface area contributed by atoms with E-state index in [4.69, 9.17) is 9.26 Å². The number of sulfonamides is 1. The van der Waals surface area contributed by atoms with Crippen LogP contribution < -0.4 is 9.64 Å². The fourth-order valence-electron chi connectivity index (χ4n) is 3.33. The van der Waals surface area contributed by atoms with Gasteiger partial charge in [0, 0.05) is 25.5 Å². The summed E-state index contributed by atoms with van der Waals surface area (Å²) in [5.74, 6) is -0.122. The minimum atomic E-state index is -4.00. The van der Waals surface area contributed by atoms with Gasteiger partial charge in [0.25, 0.3) is 0 Å². The first kappa shape index (κ1) is 21.7. The normalized spacial score (nSPS) is 14.4. The van der Waals surface area contributed by atoms with E-state index in [0.717, 1.165) is 14.8 Å². The maximum Gasteiger partial charge on any atom is 0.243 e. The SMILES string of the molecule is COc1ccc(S(=O)(=O)N(C)Cc2nc(-c3ccccc3)no2)cc1N1C(=O)CCC1=O. The van der Waals surface area contributed by atoms with Gasteiger partial charge in [0.05, 0.1) is 24.2 Å². The molecule has 1 aliphatic rings. The number of benzene rings is 2. The molecule has 0 atom stereocenters. The van der Waals surface area contributed by atoms with E-state index in [1.54, 1.807) is 0 Å². The number of hydrogen-bond acceptors (Lipinski definition) is 8. The lowest BCUT2D eigenvalue weighted by molar-refractivity contribution is -0.121. The molecule has 1 fully saturated rings. The molecule has 1 aromatic heterocycles. The number of hydrogen-bond donors (Lipinski definition) is 0. The summed E-state index contributed by atoms with van der Waals surface area (Å²) in [4.78, 5) is 29.5. The lowest BCUT2D eigenvalue weighted by atomic mass is 10.2.